The second-order valence-electron chi connectivity index (χ2n) is 2.08. The molecule has 0 heterocycles. The van der Waals surface area contributed by atoms with E-state index in [1.165, 1.54) is 0 Å². The monoisotopic (exact) mass is 229 g/mol. The zero-order valence-electron chi connectivity index (χ0n) is 7.01. The van der Waals surface area contributed by atoms with Crippen molar-refractivity contribution in [2.75, 3.05) is 6.61 Å². The maximum Gasteiger partial charge on any atom is 0.0430 e. The summed E-state index contributed by atoms with van der Waals surface area (Å²) in [7, 11) is 0. The Morgan fingerprint density at radius 1 is 1.55 bits per heavy atom. The fourth-order valence-corrected chi connectivity index (χ4v) is 0.498. The number of hydrogen-bond donors (Lipinski definition) is 1. The molecule has 1 rings (SSSR count). The van der Waals surface area contributed by atoms with Gasteiger partial charge >= 0.3 is 0 Å². The second kappa shape index (κ2) is 13.0. The van der Waals surface area contributed by atoms with Crippen molar-refractivity contribution in [3.8, 4) is 0 Å². The molecule has 62 valence electrons. The Morgan fingerprint density at radius 3 is 2.36 bits per heavy atom. The van der Waals surface area contributed by atoms with Gasteiger partial charge in [0.25, 0.3) is 0 Å². The largest absolute Gasteiger partial charge is 0.396 e. The quantitative estimate of drug-likeness (QED) is 0.720. The van der Waals surface area contributed by atoms with Gasteiger partial charge in [-0.15, -0.1) is 6.42 Å². The van der Waals surface area contributed by atoms with E-state index in [9.17, 15) is 0 Å². The Morgan fingerprint density at radius 2 is 2.27 bits per heavy atom. The minimum Gasteiger partial charge on any atom is -0.396 e. The van der Waals surface area contributed by atoms with E-state index >= 15 is 0 Å². The molecule has 0 atom stereocenters. The zero-order valence-corrected chi connectivity index (χ0v) is 9.47. The summed E-state index contributed by atoms with van der Waals surface area (Å²) in [5, 5.41) is 8.07. The van der Waals surface area contributed by atoms with Crippen LogP contribution in [0.15, 0.2) is 18.2 Å². The summed E-state index contributed by atoms with van der Waals surface area (Å²) >= 11 is 0. The molecule has 0 saturated carbocycles. The van der Waals surface area contributed by atoms with Crippen LogP contribution < -0.4 is 0 Å². The van der Waals surface area contributed by atoms with Gasteiger partial charge in [-0.05, 0) is 6.42 Å². The van der Waals surface area contributed by atoms with E-state index in [2.05, 4.69) is 19.1 Å². The Hall–Kier alpha value is 0.323. The van der Waals surface area contributed by atoms with Crippen molar-refractivity contribution in [1.29, 1.82) is 0 Å². The second-order valence-corrected chi connectivity index (χ2v) is 2.08. The van der Waals surface area contributed by atoms with E-state index < -0.39 is 0 Å². The Bertz CT molecular complexity index is 96.1. The van der Waals surface area contributed by atoms with E-state index in [0.29, 0.717) is 6.61 Å². The van der Waals surface area contributed by atoms with Crippen LogP contribution in [0, 0.1) is 6.08 Å². The summed E-state index contributed by atoms with van der Waals surface area (Å²) in [6, 6.07) is 0. The van der Waals surface area contributed by atoms with Gasteiger partial charge in [0.15, 0.2) is 0 Å². The first-order valence-electron chi connectivity index (χ1n) is 3.74. The number of unbranched alkanes of at least 4 members (excludes halogenated alkanes) is 1. The van der Waals surface area contributed by atoms with Crippen LogP contribution in [0.25, 0.3) is 0 Å². The van der Waals surface area contributed by atoms with Gasteiger partial charge in [0.2, 0.25) is 0 Å². The average molecular weight is 230 g/mol. The number of allylic oxidation sites excluding steroid dienone is 4. The Labute approximate surface area is 88.3 Å². The molecule has 0 aromatic heterocycles. The van der Waals surface area contributed by atoms with Gasteiger partial charge in [-0.25, -0.2) is 12.2 Å². The first-order chi connectivity index (χ1) is 4.91. The van der Waals surface area contributed by atoms with Gasteiger partial charge in [-0.1, -0.05) is 13.3 Å². The van der Waals surface area contributed by atoms with Gasteiger partial charge in [-0.2, -0.15) is 6.08 Å². The SMILES string of the molecule is CCCCO.[C-]1=CC=CC1.[Zr]. The fraction of sp³-hybridized carbons (Fsp3) is 0.556. The maximum atomic E-state index is 8.07. The first-order valence-corrected chi connectivity index (χ1v) is 3.74. The summed E-state index contributed by atoms with van der Waals surface area (Å²) in [6.07, 6.45) is 12.0. The number of rotatable bonds is 2. The molecule has 1 aliphatic rings. The molecule has 0 aromatic rings. The third-order valence-electron chi connectivity index (χ3n) is 1.10. The molecule has 1 nitrogen and oxygen atoms in total. The van der Waals surface area contributed by atoms with Crippen LogP contribution in [0.5, 0.6) is 0 Å². The van der Waals surface area contributed by atoms with Crippen molar-refractivity contribution in [3.63, 3.8) is 0 Å². The van der Waals surface area contributed by atoms with E-state index in [-0.39, 0.29) is 26.2 Å². The molecule has 0 saturated heterocycles. The summed E-state index contributed by atoms with van der Waals surface area (Å²) in [5.74, 6) is 0. The van der Waals surface area contributed by atoms with Gasteiger partial charge < -0.3 is 5.11 Å². The Kier molecular flexibility index (Phi) is 16.3. The molecule has 0 amide bonds. The van der Waals surface area contributed by atoms with Crippen molar-refractivity contribution in [2.45, 2.75) is 26.2 Å². The van der Waals surface area contributed by atoms with E-state index in [0.717, 1.165) is 19.3 Å². The van der Waals surface area contributed by atoms with E-state index in [4.69, 9.17) is 5.11 Å². The van der Waals surface area contributed by atoms with Crippen LogP contribution in [0.3, 0.4) is 0 Å². The van der Waals surface area contributed by atoms with Crippen LogP contribution in [0.2, 0.25) is 0 Å². The number of hydrogen-bond acceptors (Lipinski definition) is 1. The first kappa shape index (κ1) is 13.9. The van der Waals surface area contributed by atoms with Crippen LogP contribution in [0.1, 0.15) is 26.2 Å². The van der Waals surface area contributed by atoms with Gasteiger partial charge in [0.05, 0.1) is 0 Å². The van der Waals surface area contributed by atoms with Crippen molar-refractivity contribution in [2.24, 2.45) is 0 Å². The minimum atomic E-state index is 0. The van der Waals surface area contributed by atoms with Crippen LogP contribution in [-0.4, -0.2) is 11.7 Å². The molecule has 1 aliphatic carbocycles. The van der Waals surface area contributed by atoms with Crippen molar-refractivity contribution < 1.29 is 31.3 Å². The molecular weight excluding hydrogens is 215 g/mol. The molecule has 0 fully saturated rings. The van der Waals surface area contributed by atoms with Gasteiger partial charge in [0, 0.05) is 32.8 Å². The zero-order chi connectivity index (χ0) is 7.66. The molecule has 0 bridgehead atoms. The van der Waals surface area contributed by atoms with Crippen LogP contribution >= 0.6 is 0 Å². The van der Waals surface area contributed by atoms with E-state index in [1.807, 2.05) is 12.2 Å². The molecular formula is C9H15OZr-. The molecule has 0 aliphatic heterocycles. The van der Waals surface area contributed by atoms with Crippen molar-refractivity contribution >= 4 is 0 Å². The van der Waals surface area contributed by atoms with E-state index in [1.54, 1.807) is 0 Å². The minimum absolute atomic E-state index is 0. The fourth-order valence-electron chi connectivity index (χ4n) is 0.498. The summed E-state index contributed by atoms with van der Waals surface area (Å²) in [6.45, 7) is 2.40. The number of aliphatic hydroxyl groups excluding tert-OH is 1. The standard InChI is InChI=1S/C5H5.C4H10O.Zr/c1-2-4-5-3-1;1-2-3-4-5;/h1-3H,4H2;5H,2-4H2,1H3;/q-1;;. The predicted octanol–water partition coefficient (Wildman–Crippen LogP) is 2.08. The average Bonchev–Trinajstić information content (AvgIpc) is 2.44. The molecule has 0 spiro atoms. The maximum absolute atomic E-state index is 8.07. The van der Waals surface area contributed by atoms with Crippen LogP contribution in [-0.2, 0) is 26.2 Å². The molecule has 1 N–H and O–H groups in total. The van der Waals surface area contributed by atoms with Crippen LogP contribution in [0.4, 0.5) is 0 Å². The van der Waals surface area contributed by atoms with Gasteiger partial charge in [0.1, 0.15) is 0 Å². The van der Waals surface area contributed by atoms with Crippen molar-refractivity contribution in [3.05, 3.63) is 24.3 Å². The normalized spacial score (nSPS) is 11.8. The summed E-state index contributed by atoms with van der Waals surface area (Å²) in [4.78, 5) is 0. The molecule has 0 radical (unpaired) electrons. The molecule has 2 heteroatoms. The topological polar surface area (TPSA) is 20.2 Å². The Balaban J connectivity index is 0. The molecule has 11 heavy (non-hydrogen) atoms. The molecule has 0 unspecified atom stereocenters. The third kappa shape index (κ3) is 13.3. The molecule has 0 aromatic carbocycles. The predicted molar refractivity (Wildman–Crippen MR) is 43.6 cm³/mol. The summed E-state index contributed by atoms with van der Waals surface area (Å²) < 4.78 is 0. The van der Waals surface area contributed by atoms with Crippen molar-refractivity contribution in [1.82, 2.24) is 0 Å². The number of aliphatic hydroxyl groups is 1. The summed E-state index contributed by atoms with van der Waals surface area (Å²) in [5.41, 5.74) is 0. The smallest absolute Gasteiger partial charge is 0.0430 e. The third-order valence-corrected chi connectivity index (χ3v) is 1.10. The van der Waals surface area contributed by atoms with Gasteiger partial charge in [-0.3, -0.25) is 6.08 Å².